The molecule has 0 spiro atoms. The van der Waals surface area contributed by atoms with Gasteiger partial charge in [0.15, 0.2) is 0 Å². The summed E-state index contributed by atoms with van der Waals surface area (Å²) in [6.07, 6.45) is 5.19. The number of aryl methyl sites for hydroxylation is 3. The molecule has 0 saturated carbocycles. The van der Waals surface area contributed by atoms with E-state index in [4.69, 9.17) is 0 Å². The Morgan fingerprint density at radius 1 is 1.16 bits per heavy atom. The van der Waals surface area contributed by atoms with Gasteiger partial charge in [-0.25, -0.2) is 0 Å². The normalized spacial score (nSPS) is 20.1. The molecule has 19 heavy (non-hydrogen) atoms. The molecule has 1 atom stereocenters. The zero-order valence-corrected chi connectivity index (χ0v) is 12.3. The number of aromatic amines is 1. The van der Waals surface area contributed by atoms with Crippen molar-refractivity contribution in [3.05, 3.63) is 34.5 Å². The van der Waals surface area contributed by atoms with E-state index in [2.05, 4.69) is 43.2 Å². The van der Waals surface area contributed by atoms with Gasteiger partial charge in [0.1, 0.15) is 0 Å². The summed E-state index contributed by atoms with van der Waals surface area (Å²) in [5, 5.41) is 5.12. The summed E-state index contributed by atoms with van der Waals surface area (Å²) in [6.45, 7) is 7.81. The SMILES string of the molecule is Cc1cc(C)c2c(CC3CCCCN3)c(C)[nH]c2c1. The molecule has 2 nitrogen and oxygen atoms in total. The quantitative estimate of drug-likeness (QED) is 0.841. The fourth-order valence-electron chi connectivity index (χ4n) is 3.53. The van der Waals surface area contributed by atoms with Crippen LogP contribution in [0.25, 0.3) is 10.9 Å². The molecule has 2 aromatic rings. The maximum absolute atomic E-state index is 3.67. The van der Waals surface area contributed by atoms with Gasteiger partial charge in [0.2, 0.25) is 0 Å². The summed E-state index contributed by atoms with van der Waals surface area (Å²) in [6, 6.07) is 5.23. The van der Waals surface area contributed by atoms with Crippen molar-refractivity contribution in [3.8, 4) is 0 Å². The molecule has 0 bridgehead atoms. The molecule has 0 amide bonds. The van der Waals surface area contributed by atoms with E-state index >= 15 is 0 Å². The third-order valence-electron chi connectivity index (χ3n) is 4.42. The highest BCUT2D eigenvalue weighted by Gasteiger charge is 2.18. The number of hydrogen-bond acceptors (Lipinski definition) is 1. The molecule has 3 rings (SSSR count). The lowest BCUT2D eigenvalue weighted by molar-refractivity contribution is 0.399. The van der Waals surface area contributed by atoms with Gasteiger partial charge in [-0.3, -0.25) is 0 Å². The van der Waals surface area contributed by atoms with E-state index in [1.807, 2.05) is 0 Å². The van der Waals surface area contributed by atoms with Gasteiger partial charge in [-0.15, -0.1) is 0 Å². The van der Waals surface area contributed by atoms with E-state index in [1.165, 1.54) is 59.1 Å². The second-order valence-corrected chi connectivity index (χ2v) is 6.08. The van der Waals surface area contributed by atoms with E-state index < -0.39 is 0 Å². The summed E-state index contributed by atoms with van der Waals surface area (Å²) < 4.78 is 0. The highest BCUT2D eigenvalue weighted by molar-refractivity contribution is 5.88. The third kappa shape index (κ3) is 2.42. The Bertz CT molecular complexity index is 589. The van der Waals surface area contributed by atoms with Crippen molar-refractivity contribution in [2.75, 3.05) is 6.54 Å². The predicted octanol–water partition coefficient (Wildman–Crippen LogP) is 3.78. The van der Waals surface area contributed by atoms with Gasteiger partial charge < -0.3 is 10.3 Å². The zero-order chi connectivity index (χ0) is 13.4. The molecule has 102 valence electrons. The van der Waals surface area contributed by atoms with E-state index in [0.717, 1.165) is 6.42 Å². The molecule has 0 aliphatic carbocycles. The molecule has 1 aromatic heterocycles. The fourth-order valence-corrected chi connectivity index (χ4v) is 3.53. The molecule has 1 unspecified atom stereocenters. The van der Waals surface area contributed by atoms with Crippen LogP contribution in [0.1, 0.15) is 41.6 Å². The first-order chi connectivity index (χ1) is 9.15. The predicted molar refractivity (Wildman–Crippen MR) is 81.9 cm³/mol. The van der Waals surface area contributed by atoms with Gasteiger partial charge in [-0.05, 0) is 69.3 Å². The fraction of sp³-hybridized carbons (Fsp3) is 0.529. The van der Waals surface area contributed by atoms with Crippen molar-refractivity contribution in [1.82, 2.24) is 10.3 Å². The topological polar surface area (TPSA) is 27.8 Å². The van der Waals surface area contributed by atoms with Crippen LogP contribution in [0.3, 0.4) is 0 Å². The van der Waals surface area contributed by atoms with Crippen LogP contribution < -0.4 is 5.32 Å². The van der Waals surface area contributed by atoms with Crippen LogP contribution in [0.4, 0.5) is 0 Å². The Balaban J connectivity index is 2.00. The minimum absolute atomic E-state index is 0.659. The lowest BCUT2D eigenvalue weighted by Crippen LogP contribution is -2.35. The summed E-state index contributed by atoms with van der Waals surface area (Å²) >= 11 is 0. The zero-order valence-electron chi connectivity index (χ0n) is 12.3. The van der Waals surface area contributed by atoms with E-state index in [-0.39, 0.29) is 0 Å². The molecule has 2 N–H and O–H groups in total. The molecule has 0 radical (unpaired) electrons. The van der Waals surface area contributed by atoms with Crippen LogP contribution in [0.15, 0.2) is 12.1 Å². The van der Waals surface area contributed by atoms with Crippen molar-refractivity contribution in [1.29, 1.82) is 0 Å². The Hall–Kier alpha value is -1.28. The first kappa shape index (κ1) is 12.7. The minimum Gasteiger partial charge on any atom is -0.358 e. The summed E-state index contributed by atoms with van der Waals surface area (Å²) in [5.41, 5.74) is 6.92. The highest BCUT2D eigenvalue weighted by Crippen LogP contribution is 2.28. The van der Waals surface area contributed by atoms with Gasteiger partial charge >= 0.3 is 0 Å². The van der Waals surface area contributed by atoms with E-state index in [1.54, 1.807) is 0 Å². The van der Waals surface area contributed by atoms with Crippen LogP contribution in [0.5, 0.6) is 0 Å². The number of nitrogens with one attached hydrogen (secondary N) is 2. The smallest absolute Gasteiger partial charge is 0.0464 e. The number of hydrogen-bond donors (Lipinski definition) is 2. The Morgan fingerprint density at radius 2 is 2.00 bits per heavy atom. The van der Waals surface area contributed by atoms with Crippen LogP contribution in [-0.2, 0) is 6.42 Å². The maximum Gasteiger partial charge on any atom is 0.0464 e. The molecular formula is C17H24N2. The molecule has 1 aliphatic heterocycles. The van der Waals surface area contributed by atoms with Crippen LogP contribution >= 0.6 is 0 Å². The standard InChI is InChI=1S/C17H24N2/c1-11-8-12(2)17-15(13(3)19-16(17)9-11)10-14-6-4-5-7-18-14/h8-9,14,18-19H,4-7,10H2,1-3H3. The van der Waals surface area contributed by atoms with E-state index in [0.29, 0.717) is 6.04 Å². The number of piperidine rings is 1. The van der Waals surface area contributed by atoms with Crippen molar-refractivity contribution in [2.24, 2.45) is 0 Å². The summed E-state index contributed by atoms with van der Waals surface area (Å²) in [4.78, 5) is 3.57. The number of fused-ring (bicyclic) bond motifs is 1. The Labute approximate surface area is 115 Å². The van der Waals surface area contributed by atoms with Gasteiger partial charge in [0, 0.05) is 22.6 Å². The monoisotopic (exact) mass is 256 g/mol. The van der Waals surface area contributed by atoms with Crippen molar-refractivity contribution >= 4 is 10.9 Å². The van der Waals surface area contributed by atoms with Crippen LogP contribution in [-0.4, -0.2) is 17.6 Å². The molecule has 1 aromatic carbocycles. The van der Waals surface area contributed by atoms with Gasteiger partial charge in [0.25, 0.3) is 0 Å². The van der Waals surface area contributed by atoms with Crippen molar-refractivity contribution in [2.45, 2.75) is 52.5 Å². The molecule has 2 heteroatoms. The summed E-state index contributed by atoms with van der Waals surface area (Å²) in [7, 11) is 0. The van der Waals surface area contributed by atoms with E-state index in [9.17, 15) is 0 Å². The lowest BCUT2D eigenvalue weighted by Gasteiger charge is -2.23. The first-order valence-corrected chi connectivity index (χ1v) is 7.47. The number of benzene rings is 1. The Morgan fingerprint density at radius 3 is 2.74 bits per heavy atom. The maximum atomic E-state index is 3.67. The highest BCUT2D eigenvalue weighted by atomic mass is 14.9. The first-order valence-electron chi connectivity index (χ1n) is 7.47. The second kappa shape index (κ2) is 5.01. The molecule has 1 fully saturated rings. The van der Waals surface area contributed by atoms with Gasteiger partial charge in [0.05, 0.1) is 0 Å². The molecular weight excluding hydrogens is 232 g/mol. The average Bonchev–Trinajstić information content (AvgIpc) is 2.67. The number of H-pyrrole nitrogens is 1. The summed E-state index contributed by atoms with van der Waals surface area (Å²) in [5.74, 6) is 0. The second-order valence-electron chi connectivity index (χ2n) is 6.08. The van der Waals surface area contributed by atoms with Crippen LogP contribution in [0.2, 0.25) is 0 Å². The van der Waals surface area contributed by atoms with Crippen molar-refractivity contribution in [3.63, 3.8) is 0 Å². The molecule has 2 heterocycles. The van der Waals surface area contributed by atoms with Crippen molar-refractivity contribution < 1.29 is 0 Å². The average molecular weight is 256 g/mol. The lowest BCUT2D eigenvalue weighted by atomic mass is 9.94. The largest absolute Gasteiger partial charge is 0.358 e. The molecule has 1 saturated heterocycles. The minimum atomic E-state index is 0.659. The Kier molecular flexibility index (Phi) is 3.36. The number of aromatic nitrogens is 1. The van der Waals surface area contributed by atoms with Gasteiger partial charge in [-0.1, -0.05) is 12.5 Å². The van der Waals surface area contributed by atoms with Crippen LogP contribution in [0, 0.1) is 20.8 Å². The number of rotatable bonds is 2. The third-order valence-corrected chi connectivity index (χ3v) is 4.42. The molecule has 1 aliphatic rings. The van der Waals surface area contributed by atoms with Gasteiger partial charge in [-0.2, -0.15) is 0 Å².